The van der Waals surface area contributed by atoms with Crippen LogP contribution in [-0.2, 0) is 11.3 Å². The van der Waals surface area contributed by atoms with Crippen molar-refractivity contribution in [3.63, 3.8) is 0 Å². The van der Waals surface area contributed by atoms with Crippen LogP contribution in [0.4, 0.5) is 0 Å². The van der Waals surface area contributed by atoms with Gasteiger partial charge in [0, 0.05) is 17.1 Å². The second-order valence-electron chi connectivity index (χ2n) is 4.49. The lowest BCUT2D eigenvalue weighted by molar-refractivity contribution is -0.138. The van der Waals surface area contributed by atoms with Gasteiger partial charge in [-0.05, 0) is 38.0 Å². The molecule has 0 bridgehead atoms. The summed E-state index contributed by atoms with van der Waals surface area (Å²) in [5, 5.41) is 8.87. The molecule has 0 amide bonds. The summed E-state index contributed by atoms with van der Waals surface area (Å²) in [5.41, 5.74) is 2.31. The largest absolute Gasteiger partial charge is 0.480 e. The highest BCUT2D eigenvalue weighted by Gasteiger charge is 2.14. The van der Waals surface area contributed by atoms with Crippen LogP contribution in [0, 0.1) is 6.92 Å². The Morgan fingerprint density at radius 2 is 2.12 bits per heavy atom. The second kappa shape index (κ2) is 6.17. The molecule has 0 fully saturated rings. The lowest BCUT2D eigenvalue weighted by atomic mass is 10.1. The molecule has 0 aliphatic heterocycles. The quantitative estimate of drug-likeness (QED) is 0.908. The zero-order chi connectivity index (χ0) is 13.0. The highest BCUT2D eigenvalue weighted by molar-refractivity contribution is 9.10. The summed E-state index contributed by atoms with van der Waals surface area (Å²) in [4.78, 5) is 12.7. The Bertz CT molecular complexity index is 404. The third kappa shape index (κ3) is 4.48. The van der Waals surface area contributed by atoms with Gasteiger partial charge in [-0.2, -0.15) is 0 Å². The number of carboxylic acids is 1. The fourth-order valence-corrected chi connectivity index (χ4v) is 2.21. The Labute approximate surface area is 111 Å². The van der Waals surface area contributed by atoms with E-state index in [9.17, 15) is 4.79 Å². The Morgan fingerprint density at radius 3 is 2.59 bits per heavy atom. The summed E-state index contributed by atoms with van der Waals surface area (Å²) in [6.45, 7) is 6.75. The van der Waals surface area contributed by atoms with Gasteiger partial charge in [0.15, 0.2) is 0 Å². The van der Waals surface area contributed by atoms with Crippen molar-refractivity contribution in [1.82, 2.24) is 4.90 Å². The van der Waals surface area contributed by atoms with E-state index in [1.165, 1.54) is 5.56 Å². The van der Waals surface area contributed by atoms with Crippen molar-refractivity contribution >= 4 is 21.9 Å². The number of carboxylic acid groups (broad SMARTS) is 1. The first kappa shape index (κ1) is 14.2. The minimum atomic E-state index is -0.790. The van der Waals surface area contributed by atoms with E-state index in [-0.39, 0.29) is 12.6 Å². The molecule has 0 aliphatic rings. The first-order valence-corrected chi connectivity index (χ1v) is 6.40. The molecule has 0 heterocycles. The van der Waals surface area contributed by atoms with E-state index in [0.717, 1.165) is 10.0 Å². The van der Waals surface area contributed by atoms with Crippen LogP contribution < -0.4 is 0 Å². The van der Waals surface area contributed by atoms with Crippen LogP contribution >= 0.6 is 15.9 Å². The van der Waals surface area contributed by atoms with Gasteiger partial charge in [-0.25, -0.2) is 0 Å². The van der Waals surface area contributed by atoms with Crippen molar-refractivity contribution in [2.24, 2.45) is 0 Å². The van der Waals surface area contributed by atoms with Gasteiger partial charge >= 0.3 is 5.97 Å². The molecule has 4 heteroatoms. The van der Waals surface area contributed by atoms with Gasteiger partial charge in [0.25, 0.3) is 0 Å². The van der Waals surface area contributed by atoms with Crippen molar-refractivity contribution in [3.05, 3.63) is 33.8 Å². The second-order valence-corrected chi connectivity index (χ2v) is 5.34. The average Bonchev–Trinajstić information content (AvgIpc) is 2.19. The van der Waals surface area contributed by atoms with E-state index >= 15 is 0 Å². The maximum Gasteiger partial charge on any atom is 0.317 e. The number of aliphatic carboxylic acids is 1. The minimum absolute atomic E-state index is 0.0674. The summed E-state index contributed by atoms with van der Waals surface area (Å²) in [5.74, 6) is -0.790. The normalized spacial score (nSPS) is 11.2. The van der Waals surface area contributed by atoms with Crippen LogP contribution in [0.25, 0.3) is 0 Å². The Kier molecular flexibility index (Phi) is 5.15. The number of aryl methyl sites for hydroxylation is 1. The van der Waals surface area contributed by atoms with Gasteiger partial charge in [0.05, 0.1) is 6.54 Å². The molecule has 0 aliphatic carbocycles. The van der Waals surface area contributed by atoms with E-state index in [1.807, 2.05) is 37.8 Å². The molecule has 1 aromatic rings. The number of nitrogens with zero attached hydrogens (tertiary/aromatic N) is 1. The predicted molar refractivity (Wildman–Crippen MR) is 72.1 cm³/mol. The minimum Gasteiger partial charge on any atom is -0.480 e. The highest BCUT2D eigenvalue weighted by Crippen LogP contribution is 2.20. The predicted octanol–water partition coefficient (Wildman–Crippen LogP) is 3.05. The number of carbonyl (C=O) groups is 1. The summed E-state index contributed by atoms with van der Waals surface area (Å²) < 4.78 is 1.04. The van der Waals surface area contributed by atoms with Crippen LogP contribution in [0.3, 0.4) is 0 Å². The first-order chi connectivity index (χ1) is 7.90. The number of benzene rings is 1. The van der Waals surface area contributed by atoms with Gasteiger partial charge < -0.3 is 5.11 Å². The van der Waals surface area contributed by atoms with Crippen molar-refractivity contribution in [2.75, 3.05) is 6.54 Å². The lowest BCUT2D eigenvalue weighted by Gasteiger charge is -2.25. The van der Waals surface area contributed by atoms with Crippen molar-refractivity contribution in [3.8, 4) is 0 Å². The van der Waals surface area contributed by atoms with Gasteiger partial charge in [-0.3, -0.25) is 9.69 Å². The zero-order valence-electron chi connectivity index (χ0n) is 10.4. The Balaban J connectivity index is 2.82. The van der Waals surface area contributed by atoms with Crippen molar-refractivity contribution in [2.45, 2.75) is 33.4 Å². The van der Waals surface area contributed by atoms with E-state index in [4.69, 9.17) is 5.11 Å². The standard InChI is InChI=1S/C13H18BrNO2/c1-9(2)15(8-13(16)17)7-11-5-4-10(3)6-12(11)14/h4-6,9H,7-8H2,1-3H3,(H,16,17). The summed E-state index contributed by atoms with van der Waals surface area (Å²) >= 11 is 3.52. The van der Waals surface area contributed by atoms with E-state index < -0.39 is 5.97 Å². The third-order valence-electron chi connectivity index (χ3n) is 2.65. The molecule has 0 aromatic heterocycles. The van der Waals surface area contributed by atoms with E-state index in [1.54, 1.807) is 0 Å². The molecule has 0 saturated heterocycles. The van der Waals surface area contributed by atoms with Gasteiger partial charge in [0.1, 0.15) is 0 Å². The number of hydrogen-bond donors (Lipinski definition) is 1. The molecular formula is C13H18BrNO2. The molecule has 94 valence electrons. The van der Waals surface area contributed by atoms with Crippen LogP contribution in [0.2, 0.25) is 0 Å². The fraction of sp³-hybridized carbons (Fsp3) is 0.462. The van der Waals surface area contributed by atoms with Crippen molar-refractivity contribution < 1.29 is 9.90 Å². The highest BCUT2D eigenvalue weighted by atomic mass is 79.9. The molecule has 0 spiro atoms. The molecular weight excluding hydrogens is 282 g/mol. The molecule has 3 nitrogen and oxygen atoms in total. The molecule has 17 heavy (non-hydrogen) atoms. The number of rotatable bonds is 5. The Morgan fingerprint density at radius 1 is 1.47 bits per heavy atom. The topological polar surface area (TPSA) is 40.5 Å². The fourth-order valence-electron chi connectivity index (χ4n) is 1.59. The summed E-state index contributed by atoms with van der Waals surface area (Å²) in [6, 6.07) is 6.34. The summed E-state index contributed by atoms with van der Waals surface area (Å²) in [6.07, 6.45) is 0. The maximum atomic E-state index is 10.8. The molecule has 1 N–H and O–H groups in total. The van der Waals surface area contributed by atoms with Crippen LogP contribution in [-0.4, -0.2) is 28.6 Å². The van der Waals surface area contributed by atoms with Gasteiger partial charge in [-0.1, -0.05) is 28.1 Å². The number of hydrogen-bond acceptors (Lipinski definition) is 2. The summed E-state index contributed by atoms with van der Waals surface area (Å²) in [7, 11) is 0. The molecule has 1 rings (SSSR count). The average molecular weight is 300 g/mol. The first-order valence-electron chi connectivity index (χ1n) is 5.61. The lowest BCUT2D eigenvalue weighted by Crippen LogP contribution is -2.35. The van der Waals surface area contributed by atoms with Crippen LogP contribution in [0.1, 0.15) is 25.0 Å². The SMILES string of the molecule is Cc1ccc(CN(CC(=O)O)C(C)C)c(Br)c1. The van der Waals surface area contributed by atoms with Gasteiger partial charge in [0.2, 0.25) is 0 Å². The smallest absolute Gasteiger partial charge is 0.317 e. The van der Waals surface area contributed by atoms with Crippen LogP contribution in [0.15, 0.2) is 22.7 Å². The molecule has 0 saturated carbocycles. The molecule has 0 radical (unpaired) electrons. The van der Waals surface area contributed by atoms with Crippen molar-refractivity contribution in [1.29, 1.82) is 0 Å². The van der Waals surface area contributed by atoms with E-state index in [0.29, 0.717) is 6.54 Å². The molecule has 0 atom stereocenters. The monoisotopic (exact) mass is 299 g/mol. The number of halogens is 1. The zero-order valence-corrected chi connectivity index (χ0v) is 12.0. The van der Waals surface area contributed by atoms with E-state index in [2.05, 4.69) is 22.0 Å². The third-order valence-corrected chi connectivity index (χ3v) is 3.39. The molecule has 0 unspecified atom stereocenters. The van der Waals surface area contributed by atoms with Gasteiger partial charge in [-0.15, -0.1) is 0 Å². The Hall–Kier alpha value is -0.870. The molecule has 1 aromatic carbocycles. The van der Waals surface area contributed by atoms with Crippen LogP contribution in [0.5, 0.6) is 0 Å². The maximum absolute atomic E-state index is 10.8.